The first-order chi connectivity index (χ1) is 9.63. The number of hydrogen-bond acceptors (Lipinski definition) is 3. The van der Waals surface area contributed by atoms with Gasteiger partial charge in [0, 0.05) is 22.5 Å². The van der Waals surface area contributed by atoms with Crippen LogP contribution in [0.3, 0.4) is 0 Å². The van der Waals surface area contributed by atoms with E-state index in [2.05, 4.69) is 20.9 Å². The minimum atomic E-state index is -0.499. The van der Waals surface area contributed by atoms with Crippen LogP contribution in [0.1, 0.15) is 17.5 Å². The maximum atomic E-state index is 13.8. The monoisotopic (exact) mass is 334 g/mol. The molecule has 0 amide bonds. The molecule has 0 aliphatic rings. The standard InChI is InChI=1S/C15H12BrFN2O/c16-9-5-6-11(17)10(7-9)12(18)8-15-19-13-3-1-2-4-14(13)20-15/h1-7,12H,8,18H2. The van der Waals surface area contributed by atoms with Crippen LogP contribution in [0.2, 0.25) is 0 Å². The summed E-state index contributed by atoms with van der Waals surface area (Å²) >= 11 is 3.32. The summed E-state index contributed by atoms with van der Waals surface area (Å²) in [5, 5.41) is 0. The fraction of sp³-hybridized carbons (Fsp3) is 0.133. The molecule has 0 aliphatic carbocycles. The molecule has 5 heteroatoms. The molecule has 3 rings (SSSR count). The second-order valence-electron chi connectivity index (χ2n) is 4.55. The summed E-state index contributed by atoms with van der Waals surface area (Å²) in [5.41, 5.74) is 8.00. The molecule has 2 aromatic carbocycles. The Hall–Kier alpha value is -1.72. The van der Waals surface area contributed by atoms with E-state index < -0.39 is 6.04 Å². The molecule has 1 aromatic heterocycles. The molecule has 0 aliphatic heterocycles. The van der Waals surface area contributed by atoms with Crippen LogP contribution in [0.4, 0.5) is 4.39 Å². The Balaban J connectivity index is 1.88. The highest BCUT2D eigenvalue weighted by atomic mass is 79.9. The first kappa shape index (κ1) is 13.3. The highest BCUT2D eigenvalue weighted by molar-refractivity contribution is 9.10. The van der Waals surface area contributed by atoms with Crippen LogP contribution in [0.15, 0.2) is 51.4 Å². The van der Waals surface area contributed by atoms with Crippen LogP contribution in [0, 0.1) is 5.82 Å². The van der Waals surface area contributed by atoms with Gasteiger partial charge in [0.1, 0.15) is 11.3 Å². The zero-order chi connectivity index (χ0) is 14.1. The summed E-state index contributed by atoms with van der Waals surface area (Å²) < 4.78 is 20.2. The second-order valence-corrected chi connectivity index (χ2v) is 5.47. The Morgan fingerprint density at radius 3 is 2.85 bits per heavy atom. The molecule has 0 radical (unpaired) electrons. The summed E-state index contributed by atoms with van der Waals surface area (Å²) in [6.45, 7) is 0. The van der Waals surface area contributed by atoms with E-state index in [9.17, 15) is 4.39 Å². The van der Waals surface area contributed by atoms with Gasteiger partial charge in [-0.15, -0.1) is 0 Å². The van der Waals surface area contributed by atoms with Gasteiger partial charge in [-0.2, -0.15) is 0 Å². The van der Waals surface area contributed by atoms with Crippen molar-refractivity contribution in [2.24, 2.45) is 5.73 Å². The van der Waals surface area contributed by atoms with Crippen molar-refractivity contribution in [1.29, 1.82) is 0 Å². The molecule has 1 heterocycles. The van der Waals surface area contributed by atoms with E-state index in [4.69, 9.17) is 10.2 Å². The van der Waals surface area contributed by atoms with Crippen molar-refractivity contribution >= 4 is 27.0 Å². The predicted molar refractivity (Wildman–Crippen MR) is 78.7 cm³/mol. The molecule has 102 valence electrons. The number of hydrogen-bond donors (Lipinski definition) is 1. The quantitative estimate of drug-likeness (QED) is 0.788. The summed E-state index contributed by atoms with van der Waals surface area (Å²) in [6, 6.07) is 11.7. The zero-order valence-corrected chi connectivity index (χ0v) is 12.1. The minimum Gasteiger partial charge on any atom is -0.441 e. The molecule has 0 saturated heterocycles. The van der Waals surface area contributed by atoms with Gasteiger partial charge in [0.25, 0.3) is 0 Å². The van der Waals surface area contributed by atoms with Gasteiger partial charge in [-0.05, 0) is 30.3 Å². The van der Waals surface area contributed by atoms with E-state index in [1.54, 1.807) is 12.1 Å². The summed E-state index contributed by atoms with van der Waals surface area (Å²) in [4.78, 5) is 4.35. The number of fused-ring (bicyclic) bond motifs is 1. The maximum Gasteiger partial charge on any atom is 0.197 e. The minimum absolute atomic E-state index is 0.322. The molecule has 1 atom stereocenters. The van der Waals surface area contributed by atoms with Crippen LogP contribution in [-0.4, -0.2) is 4.98 Å². The third-order valence-corrected chi connectivity index (χ3v) is 3.58. The molecule has 2 N–H and O–H groups in total. The summed E-state index contributed by atoms with van der Waals surface area (Å²) in [5.74, 6) is 0.190. The van der Waals surface area contributed by atoms with Crippen molar-refractivity contribution in [2.75, 3.05) is 0 Å². The highest BCUT2D eigenvalue weighted by Crippen LogP contribution is 2.24. The van der Waals surface area contributed by atoms with Crippen LogP contribution < -0.4 is 5.73 Å². The average Bonchev–Trinajstić information content (AvgIpc) is 2.83. The van der Waals surface area contributed by atoms with Gasteiger partial charge in [0.05, 0.1) is 0 Å². The van der Waals surface area contributed by atoms with E-state index >= 15 is 0 Å². The number of oxazole rings is 1. The molecular weight excluding hydrogens is 323 g/mol. The fourth-order valence-electron chi connectivity index (χ4n) is 2.10. The molecule has 0 bridgehead atoms. The second kappa shape index (κ2) is 5.34. The zero-order valence-electron chi connectivity index (χ0n) is 10.5. The number of benzene rings is 2. The predicted octanol–water partition coefficient (Wildman–Crippen LogP) is 3.97. The van der Waals surface area contributed by atoms with Crippen LogP contribution in [0.25, 0.3) is 11.1 Å². The number of nitrogens with two attached hydrogens (primary N) is 1. The SMILES string of the molecule is NC(Cc1nc2ccccc2o1)c1cc(Br)ccc1F. The number of halogens is 2. The van der Waals surface area contributed by atoms with Gasteiger partial charge < -0.3 is 10.2 Å². The fourth-order valence-corrected chi connectivity index (χ4v) is 2.48. The van der Waals surface area contributed by atoms with Crippen molar-refractivity contribution in [1.82, 2.24) is 4.98 Å². The molecule has 0 spiro atoms. The van der Waals surface area contributed by atoms with Gasteiger partial charge in [-0.3, -0.25) is 0 Å². The lowest BCUT2D eigenvalue weighted by Gasteiger charge is -2.11. The molecule has 3 nitrogen and oxygen atoms in total. The molecule has 1 unspecified atom stereocenters. The Labute approximate surface area is 123 Å². The Morgan fingerprint density at radius 2 is 2.05 bits per heavy atom. The Bertz CT molecular complexity index is 723. The topological polar surface area (TPSA) is 52.0 Å². The first-order valence-electron chi connectivity index (χ1n) is 6.18. The third kappa shape index (κ3) is 2.59. The number of para-hydroxylation sites is 2. The smallest absolute Gasteiger partial charge is 0.197 e. The number of nitrogens with zero attached hydrogens (tertiary/aromatic N) is 1. The number of rotatable bonds is 3. The Morgan fingerprint density at radius 1 is 1.25 bits per heavy atom. The van der Waals surface area contributed by atoms with Gasteiger partial charge >= 0.3 is 0 Å². The molecule has 0 fully saturated rings. The van der Waals surface area contributed by atoms with Crippen LogP contribution in [0.5, 0.6) is 0 Å². The largest absolute Gasteiger partial charge is 0.441 e. The van der Waals surface area contributed by atoms with E-state index in [0.717, 1.165) is 9.99 Å². The third-order valence-electron chi connectivity index (χ3n) is 3.09. The van der Waals surface area contributed by atoms with E-state index in [1.807, 2.05) is 24.3 Å². The van der Waals surface area contributed by atoms with E-state index in [1.165, 1.54) is 6.07 Å². The van der Waals surface area contributed by atoms with Crippen molar-refractivity contribution in [3.8, 4) is 0 Å². The van der Waals surface area contributed by atoms with Gasteiger partial charge in [-0.25, -0.2) is 9.37 Å². The lowest BCUT2D eigenvalue weighted by Crippen LogP contribution is -2.15. The summed E-state index contributed by atoms with van der Waals surface area (Å²) in [6.07, 6.45) is 0.349. The Kier molecular flexibility index (Phi) is 3.54. The van der Waals surface area contributed by atoms with Gasteiger partial charge in [-0.1, -0.05) is 28.1 Å². The highest BCUT2D eigenvalue weighted by Gasteiger charge is 2.16. The molecule has 20 heavy (non-hydrogen) atoms. The maximum absolute atomic E-state index is 13.8. The van der Waals surface area contributed by atoms with E-state index in [0.29, 0.717) is 23.5 Å². The molecular formula is C15H12BrFN2O. The normalized spacial score (nSPS) is 12.8. The van der Waals surface area contributed by atoms with Gasteiger partial charge in [0.2, 0.25) is 0 Å². The van der Waals surface area contributed by atoms with Crippen molar-refractivity contribution in [2.45, 2.75) is 12.5 Å². The molecule has 3 aromatic rings. The first-order valence-corrected chi connectivity index (χ1v) is 6.98. The average molecular weight is 335 g/mol. The van der Waals surface area contributed by atoms with Crippen molar-refractivity contribution in [3.63, 3.8) is 0 Å². The molecule has 0 saturated carbocycles. The van der Waals surface area contributed by atoms with E-state index in [-0.39, 0.29) is 5.82 Å². The summed E-state index contributed by atoms with van der Waals surface area (Å²) in [7, 11) is 0. The number of aromatic nitrogens is 1. The van der Waals surface area contributed by atoms with Crippen LogP contribution >= 0.6 is 15.9 Å². The van der Waals surface area contributed by atoms with Crippen molar-refractivity contribution < 1.29 is 8.81 Å². The lowest BCUT2D eigenvalue weighted by molar-refractivity contribution is 0.492. The van der Waals surface area contributed by atoms with Gasteiger partial charge in [0.15, 0.2) is 11.5 Å². The van der Waals surface area contributed by atoms with Crippen molar-refractivity contribution in [3.05, 3.63) is 64.2 Å². The van der Waals surface area contributed by atoms with Crippen LogP contribution in [-0.2, 0) is 6.42 Å². The lowest BCUT2D eigenvalue weighted by atomic mass is 10.0.